The molecule has 1 aromatic heterocycles. The molecule has 1 N–H and O–H groups in total. The topological polar surface area (TPSA) is 28.2 Å². The standard InChI is InChI=1S/C18H23N3/c1-15(17-5-3-2-4-6-17)21-12-9-18(14-21)20-13-16-7-10-19-11-8-16/h2-8,10-11,15,18,20H,9,12-14H2,1H3/t15-,18+/m0/s1. The van der Waals surface area contributed by atoms with Gasteiger partial charge < -0.3 is 5.32 Å². The van der Waals surface area contributed by atoms with Gasteiger partial charge in [0.2, 0.25) is 0 Å². The Balaban J connectivity index is 1.51. The Labute approximate surface area is 127 Å². The SMILES string of the molecule is C[C@@H](c1ccccc1)N1CC[C@@H](NCc2ccncc2)C1. The van der Waals surface area contributed by atoms with Crippen molar-refractivity contribution in [3.8, 4) is 0 Å². The van der Waals surface area contributed by atoms with Crippen LogP contribution in [0.2, 0.25) is 0 Å². The molecule has 1 aliphatic heterocycles. The predicted octanol–water partition coefficient (Wildman–Crippen LogP) is 3.01. The van der Waals surface area contributed by atoms with Crippen LogP contribution in [0.15, 0.2) is 54.9 Å². The fourth-order valence-electron chi connectivity index (χ4n) is 3.01. The van der Waals surface area contributed by atoms with E-state index in [4.69, 9.17) is 0 Å². The van der Waals surface area contributed by atoms with Gasteiger partial charge in [-0.25, -0.2) is 0 Å². The molecule has 2 aromatic rings. The number of benzene rings is 1. The van der Waals surface area contributed by atoms with Crippen molar-refractivity contribution in [3.63, 3.8) is 0 Å². The van der Waals surface area contributed by atoms with E-state index < -0.39 is 0 Å². The normalized spacial score (nSPS) is 20.5. The quantitative estimate of drug-likeness (QED) is 0.913. The highest BCUT2D eigenvalue weighted by molar-refractivity contribution is 5.18. The highest BCUT2D eigenvalue weighted by Crippen LogP contribution is 2.24. The van der Waals surface area contributed by atoms with E-state index in [9.17, 15) is 0 Å². The maximum absolute atomic E-state index is 4.06. The molecule has 0 aliphatic carbocycles. The molecule has 0 unspecified atom stereocenters. The molecule has 1 aliphatic rings. The molecular formula is C18H23N3. The van der Waals surface area contributed by atoms with Gasteiger partial charge in [0.25, 0.3) is 0 Å². The Morgan fingerprint density at radius 2 is 1.95 bits per heavy atom. The fourth-order valence-corrected chi connectivity index (χ4v) is 3.01. The summed E-state index contributed by atoms with van der Waals surface area (Å²) in [7, 11) is 0. The van der Waals surface area contributed by atoms with Crippen LogP contribution in [0.3, 0.4) is 0 Å². The zero-order chi connectivity index (χ0) is 14.5. The summed E-state index contributed by atoms with van der Waals surface area (Å²) >= 11 is 0. The van der Waals surface area contributed by atoms with E-state index in [0.29, 0.717) is 12.1 Å². The van der Waals surface area contributed by atoms with Crippen LogP contribution in [0.25, 0.3) is 0 Å². The maximum Gasteiger partial charge on any atom is 0.0320 e. The molecule has 0 amide bonds. The lowest BCUT2D eigenvalue weighted by Crippen LogP contribution is -2.33. The summed E-state index contributed by atoms with van der Waals surface area (Å²) < 4.78 is 0. The lowest BCUT2D eigenvalue weighted by atomic mass is 10.1. The number of hydrogen-bond acceptors (Lipinski definition) is 3. The highest BCUT2D eigenvalue weighted by atomic mass is 15.2. The number of likely N-dealkylation sites (tertiary alicyclic amines) is 1. The van der Waals surface area contributed by atoms with Crippen LogP contribution in [0, 0.1) is 0 Å². The molecule has 110 valence electrons. The summed E-state index contributed by atoms with van der Waals surface area (Å²) in [4.78, 5) is 6.63. The number of aromatic nitrogens is 1. The van der Waals surface area contributed by atoms with Gasteiger partial charge in [0.15, 0.2) is 0 Å². The van der Waals surface area contributed by atoms with Gasteiger partial charge in [0.05, 0.1) is 0 Å². The van der Waals surface area contributed by atoms with Gasteiger partial charge in [0.1, 0.15) is 0 Å². The van der Waals surface area contributed by atoms with Crippen LogP contribution < -0.4 is 5.32 Å². The number of pyridine rings is 1. The third-order valence-electron chi connectivity index (χ3n) is 4.39. The van der Waals surface area contributed by atoms with Crippen LogP contribution in [0.5, 0.6) is 0 Å². The molecule has 1 saturated heterocycles. The fraction of sp³-hybridized carbons (Fsp3) is 0.389. The Morgan fingerprint density at radius 1 is 1.19 bits per heavy atom. The van der Waals surface area contributed by atoms with E-state index in [1.54, 1.807) is 0 Å². The number of rotatable bonds is 5. The average Bonchev–Trinajstić information content (AvgIpc) is 3.03. The Bertz CT molecular complexity index is 541. The van der Waals surface area contributed by atoms with E-state index in [-0.39, 0.29) is 0 Å². The first-order chi connectivity index (χ1) is 10.3. The summed E-state index contributed by atoms with van der Waals surface area (Å²) in [5.74, 6) is 0. The van der Waals surface area contributed by atoms with Crippen LogP contribution in [0.4, 0.5) is 0 Å². The van der Waals surface area contributed by atoms with Crippen molar-refractivity contribution >= 4 is 0 Å². The van der Waals surface area contributed by atoms with Gasteiger partial charge in [0, 0.05) is 44.1 Å². The third kappa shape index (κ3) is 3.69. The molecule has 2 heterocycles. The van der Waals surface area contributed by atoms with Crippen LogP contribution in [-0.2, 0) is 6.54 Å². The lowest BCUT2D eigenvalue weighted by molar-refractivity contribution is 0.255. The van der Waals surface area contributed by atoms with E-state index in [2.05, 4.69) is 64.6 Å². The van der Waals surface area contributed by atoms with Gasteiger partial charge >= 0.3 is 0 Å². The third-order valence-corrected chi connectivity index (χ3v) is 4.39. The molecule has 0 spiro atoms. The largest absolute Gasteiger partial charge is 0.309 e. The van der Waals surface area contributed by atoms with E-state index in [1.165, 1.54) is 24.1 Å². The Morgan fingerprint density at radius 3 is 2.71 bits per heavy atom. The predicted molar refractivity (Wildman–Crippen MR) is 85.9 cm³/mol. The van der Waals surface area contributed by atoms with Crippen molar-refractivity contribution in [1.29, 1.82) is 0 Å². The molecule has 2 atom stereocenters. The molecule has 1 aromatic carbocycles. The average molecular weight is 281 g/mol. The van der Waals surface area contributed by atoms with E-state index in [0.717, 1.165) is 13.1 Å². The first kappa shape index (κ1) is 14.2. The zero-order valence-electron chi connectivity index (χ0n) is 12.6. The minimum Gasteiger partial charge on any atom is -0.309 e. The Hall–Kier alpha value is -1.71. The summed E-state index contributed by atoms with van der Waals surface area (Å²) in [6, 6.07) is 16.0. The second-order valence-corrected chi connectivity index (χ2v) is 5.80. The molecular weight excluding hydrogens is 258 g/mol. The van der Waals surface area contributed by atoms with Crippen molar-refractivity contribution in [2.75, 3.05) is 13.1 Å². The molecule has 0 radical (unpaired) electrons. The van der Waals surface area contributed by atoms with Crippen LogP contribution in [0.1, 0.15) is 30.5 Å². The maximum atomic E-state index is 4.06. The molecule has 0 saturated carbocycles. The summed E-state index contributed by atoms with van der Waals surface area (Å²) in [6.07, 6.45) is 4.94. The highest BCUT2D eigenvalue weighted by Gasteiger charge is 2.26. The van der Waals surface area contributed by atoms with Gasteiger partial charge in [-0.05, 0) is 36.6 Å². The first-order valence-electron chi connectivity index (χ1n) is 7.74. The van der Waals surface area contributed by atoms with E-state index >= 15 is 0 Å². The van der Waals surface area contributed by atoms with Gasteiger partial charge in [-0.15, -0.1) is 0 Å². The smallest absolute Gasteiger partial charge is 0.0320 e. The van der Waals surface area contributed by atoms with E-state index in [1.807, 2.05) is 12.4 Å². The van der Waals surface area contributed by atoms with Gasteiger partial charge in [-0.3, -0.25) is 9.88 Å². The summed E-state index contributed by atoms with van der Waals surface area (Å²) in [6.45, 7) is 5.53. The molecule has 3 heteroatoms. The molecule has 0 bridgehead atoms. The monoisotopic (exact) mass is 281 g/mol. The van der Waals surface area contributed by atoms with Crippen LogP contribution in [-0.4, -0.2) is 29.0 Å². The number of nitrogens with zero attached hydrogens (tertiary/aromatic N) is 2. The second-order valence-electron chi connectivity index (χ2n) is 5.80. The lowest BCUT2D eigenvalue weighted by Gasteiger charge is -2.25. The zero-order valence-corrected chi connectivity index (χ0v) is 12.6. The minimum atomic E-state index is 0.499. The molecule has 1 fully saturated rings. The Kier molecular flexibility index (Phi) is 4.63. The number of nitrogens with one attached hydrogen (secondary N) is 1. The van der Waals surface area contributed by atoms with Crippen LogP contribution >= 0.6 is 0 Å². The summed E-state index contributed by atoms with van der Waals surface area (Å²) in [5.41, 5.74) is 2.71. The van der Waals surface area contributed by atoms with Crippen molar-refractivity contribution in [1.82, 2.24) is 15.2 Å². The van der Waals surface area contributed by atoms with Crippen molar-refractivity contribution < 1.29 is 0 Å². The molecule has 21 heavy (non-hydrogen) atoms. The van der Waals surface area contributed by atoms with Gasteiger partial charge in [-0.1, -0.05) is 30.3 Å². The molecule has 3 rings (SSSR count). The van der Waals surface area contributed by atoms with Crippen molar-refractivity contribution in [3.05, 3.63) is 66.0 Å². The van der Waals surface area contributed by atoms with Crippen molar-refractivity contribution in [2.24, 2.45) is 0 Å². The first-order valence-corrected chi connectivity index (χ1v) is 7.74. The molecule has 3 nitrogen and oxygen atoms in total. The summed E-state index contributed by atoms with van der Waals surface area (Å²) in [5, 5.41) is 3.66. The number of hydrogen-bond donors (Lipinski definition) is 1. The minimum absolute atomic E-state index is 0.499. The van der Waals surface area contributed by atoms with Crippen molar-refractivity contribution in [2.45, 2.75) is 32.0 Å². The second kappa shape index (κ2) is 6.83. The van der Waals surface area contributed by atoms with Gasteiger partial charge in [-0.2, -0.15) is 0 Å².